The maximum absolute atomic E-state index is 14.8. The van der Waals surface area contributed by atoms with Gasteiger partial charge in [-0.15, -0.1) is 0 Å². The Bertz CT molecular complexity index is 1450. The zero-order valence-electron chi connectivity index (χ0n) is 22.4. The van der Waals surface area contributed by atoms with Gasteiger partial charge >= 0.3 is 0 Å². The van der Waals surface area contributed by atoms with Crippen molar-refractivity contribution in [2.75, 3.05) is 29.9 Å². The van der Waals surface area contributed by atoms with Gasteiger partial charge in [0, 0.05) is 31.1 Å². The average Bonchev–Trinajstić information content (AvgIpc) is 3.43. The number of halogens is 1. The van der Waals surface area contributed by atoms with Crippen LogP contribution in [0.25, 0.3) is 0 Å². The highest BCUT2D eigenvalue weighted by Crippen LogP contribution is 2.36. The average molecular weight is 570 g/mol. The van der Waals surface area contributed by atoms with Crippen molar-refractivity contribution in [1.82, 2.24) is 10.2 Å². The fourth-order valence-corrected chi connectivity index (χ4v) is 5.47. The van der Waals surface area contributed by atoms with Crippen LogP contribution < -0.4 is 19.1 Å². The van der Waals surface area contributed by atoms with E-state index < -0.39 is 40.2 Å². The number of amides is 2. The Labute approximate surface area is 233 Å². The monoisotopic (exact) mass is 569 g/mol. The molecule has 0 aromatic heterocycles. The molecule has 212 valence electrons. The first-order valence-corrected chi connectivity index (χ1v) is 14.6. The van der Waals surface area contributed by atoms with Gasteiger partial charge < -0.3 is 19.7 Å². The number of nitrogens with one attached hydrogen (secondary N) is 1. The van der Waals surface area contributed by atoms with Gasteiger partial charge in [0.05, 0.1) is 11.4 Å². The summed E-state index contributed by atoms with van der Waals surface area (Å²) in [6.07, 6.45) is 0.150. The summed E-state index contributed by atoms with van der Waals surface area (Å²) in [5, 5.41) is 2.77. The fourth-order valence-electron chi connectivity index (χ4n) is 4.42. The van der Waals surface area contributed by atoms with Crippen LogP contribution in [0.2, 0.25) is 0 Å². The zero-order valence-corrected chi connectivity index (χ0v) is 23.2. The van der Waals surface area contributed by atoms with E-state index >= 15 is 0 Å². The van der Waals surface area contributed by atoms with Gasteiger partial charge in [0.15, 0.2) is 11.5 Å². The highest BCUT2D eigenvalue weighted by molar-refractivity contribution is 7.92. The summed E-state index contributed by atoms with van der Waals surface area (Å²) in [6, 6.07) is 18.7. The lowest BCUT2D eigenvalue weighted by Gasteiger charge is -2.33. The molecule has 0 saturated heterocycles. The van der Waals surface area contributed by atoms with Crippen molar-refractivity contribution in [3.8, 4) is 11.5 Å². The van der Waals surface area contributed by atoms with E-state index in [-0.39, 0.29) is 36.8 Å². The molecule has 9 nitrogen and oxygen atoms in total. The molecule has 3 aromatic rings. The molecule has 0 bridgehead atoms. The molecule has 40 heavy (non-hydrogen) atoms. The number of benzene rings is 3. The van der Waals surface area contributed by atoms with Crippen molar-refractivity contribution in [2.24, 2.45) is 0 Å². The minimum Gasteiger partial charge on any atom is -0.454 e. The molecule has 1 aliphatic rings. The molecule has 4 rings (SSSR count). The molecule has 0 unspecified atom stereocenters. The van der Waals surface area contributed by atoms with Crippen molar-refractivity contribution in [3.63, 3.8) is 0 Å². The van der Waals surface area contributed by atoms with Crippen molar-refractivity contribution in [1.29, 1.82) is 0 Å². The number of likely N-dealkylation sites (N-methyl/N-ethyl adjacent to an activating group) is 1. The fraction of sp³-hybridized carbons (Fsp3) is 0.310. The predicted molar refractivity (Wildman–Crippen MR) is 149 cm³/mol. The normalized spacial score (nSPS) is 13.0. The smallest absolute Gasteiger partial charge is 0.244 e. The lowest BCUT2D eigenvalue weighted by Crippen LogP contribution is -2.53. The third-order valence-electron chi connectivity index (χ3n) is 6.54. The van der Waals surface area contributed by atoms with Crippen LogP contribution in [0.4, 0.5) is 10.1 Å². The van der Waals surface area contributed by atoms with Crippen molar-refractivity contribution in [3.05, 3.63) is 89.7 Å². The molecule has 2 amide bonds. The standard InChI is InChI=1S/C29H32FN3O6S/c1-3-31-29(35)25(16-21-10-6-5-7-11-21)32(18-22-12-8-9-13-24(22)30)28(34)19-33(40(36,37)4-2)23-14-15-26-27(17-23)39-20-38-26/h5-15,17,25H,3-4,16,18-20H2,1-2H3,(H,31,35)/t25-/m1/s1. The van der Waals surface area contributed by atoms with Crippen LogP contribution in [0, 0.1) is 5.82 Å². The second-order valence-corrected chi connectivity index (χ2v) is 11.3. The van der Waals surface area contributed by atoms with Crippen LogP contribution >= 0.6 is 0 Å². The molecule has 0 radical (unpaired) electrons. The molecular weight excluding hydrogens is 537 g/mol. The number of anilines is 1. The van der Waals surface area contributed by atoms with E-state index in [9.17, 15) is 22.4 Å². The second-order valence-electron chi connectivity index (χ2n) is 9.16. The molecular formula is C29H32FN3O6S. The Morgan fingerprint density at radius 2 is 1.68 bits per heavy atom. The van der Waals surface area contributed by atoms with Crippen LogP contribution in [-0.4, -0.2) is 56.8 Å². The minimum absolute atomic E-state index is 0.00235. The molecule has 0 saturated carbocycles. The van der Waals surface area contributed by atoms with Crippen molar-refractivity contribution in [2.45, 2.75) is 32.9 Å². The Hall–Kier alpha value is -4.12. The Balaban J connectivity index is 1.74. The number of hydrogen-bond acceptors (Lipinski definition) is 6. The lowest BCUT2D eigenvalue weighted by molar-refractivity contribution is -0.140. The van der Waals surface area contributed by atoms with E-state index in [1.54, 1.807) is 19.1 Å². The number of carbonyl (C=O) groups excluding carboxylic acids is 2. The maximum atomic E-state index is 14.8. The summed E-state index contributed by atoms with van der Waals surface area (Å²) < 4.78 is 52.9. The molecule has 1 N–H and O–H groups in total. The quantitative estimate of drug-likeness (QED) is 0.358. The van der Waals surface area contributed by atoms with Gasteiger partial charge in [-0.2, -0.15) is 0 Å². The number of fused-ring (bicyclic) bond motifs is 1. The van der Waals surface area contributed by atoms with Crippen LogP contribution in [0.5, 0.6) is 11.5 Å². The topological polar surface area (TPSA) is 105 Å². The second kappa shape index (κ2) is 12.8. The van der Waals surface area contributed by atoms with E-state index in [2.05, 4.69) is 5.32 Å². The number of rotatable bonds is 12. The van der Waals surface area contributed by atoms with Crippen LogP contribution in [-0.2, 0) is 32.6 Å². The SMILES string of the molecule is CCNC(=O)[C@@H](Cc1ccccc1)N(Cc1ccccc1F)C(=O)CN(c1ccc2c(c1)OCO2)S(=O)(=O)CC. The molecule has 1 aliphatic heterocycles. The predicted octanol–water partition coefficient (Wildman–Crippen LogP) is 3.49. The van der Waals surface area contributed by atoms with E-state index in [1.807, 2.05) is 30.3 Å². The van der Waals surface area contributed by atoms with E-state index in [0.29, 0.717) is 18.0 Å². The summed E-state index contributed by atoms with van der Waals surface area (Å²) in [4.78, 5) is 28.6. The van der Waals surface area contributed by atoms with Gasteiger partial charge in [0.1, 0.15) is 18.4 Å². The Morgan fingerprint density at radius 1 is 0.975 bits per heavy atom. The molecule has 1 atom stereocenters. The summed E-state index contributed by atoms with van der Waals surface area (Å²) in [6.45, 7) is 2.72. The van der Waals surface area contributed by atoms with Gasteiger partial charge in [-0.25, -0.2) is 12.8 Å². The first-order chi connectivity index (χ1) is 19.2. The molecule has 0 fully saturated rings. The Kier molecular flexibility index (Phi) is 9.26. The Morgan fingerprint density at radius 3 is 2.38 bits per heavy atom. The van der Waals surface area contributed by atoms with E-state index in [1.165, 1.54) is 42.2 Å². The molecule has 3 aromatic carbocycles. The van der Waals surface area contributed by atoms with Gasteiger partial charge in [0.2, 0.25) is 28.6 Å². The molecule has 1 heterocycles. The highest BCUT2D eigenvalue weighted by Gasteiger charge is 2.34. The summed E-state index contributed by atoms with van der Waals surface area (Å²) in [5.74, 6) is -1.08. The van der Waals surface area contributed by atoms with Crippen LogP contribution in [0.15, 0.2) is 72.8 Å². The molecule has 0 aliphatic carbocycles. The van der Waals surface area contributed by atoms with Gasteiger partial charge in [-0.3, -0.25) is 13.9 Å². The van der Waals surface area contributed by atoms with Gasteiger partial charge in [-0.05, 0) is 37.6 Å². The van der Waals surface area contributed by atoms with Gasteiger partial charge in [0.25, 0.3) is 0 Å². The summed E-state index contributed by atoms with van der Waals surface area (Å²) >= 11 is 0. The minimum atomic E-state index is -3.94. The maximum Gasteiger partial charge on any atom is 0.244 e. The first-order valence-electron chi connectivity index (χ1n) is 13.0. The van der Waals surface area contributed by atoms with E-state index in [4.69, 9.17) is 9.47 Å². The van der Waals surface area contributed by atoms with Crippen LogP contribution in [0.1, 0.15) is 25.0 Å². The molecule has 0 spiro atoms. The first kappa shape index (κ1) is 28.9. The van der Waals surface area contributed by atoms with Gasteiger partial charge in [-0.1, -0.05) is 48.5 Å². The zero-order chi connectivity index (χ0) is 28.7. The number of carbonyl (C=O) groups is 2. The number of sulfonamides is 1. The summed E-state index contributed by atoms with van der Waals surface area (Å²) in [7, 11) is -3.94. The number of nitrogens with zero attached hydrogens (tertiary/aromatic N) is 2. The van der Waals surface area contributed by atoms with Crippen molar-refractivity contribution < 1.29 is 31.9 Å². The third-order valence-corrected chi connectivity index (χ3v) is 8.29. The van der Waals surface area contributed by atoms with Crippen LogP contribution in [0.3, 0.4) is 0 Å². The highest BCUT2D eigenvalue weighted by atomic mass is 32.2. The third kappa shape index (κ3) is 6.71. The number of ether oxygens (including phenoxy) is 2. The summed E-state index contributed by atoms with van der Waals surface area (Å²) in [5.41, 5.74) is 1.20. The van der Waals surface area contributed by atoms with E-state index in [0.717, 1.165) is 9.87 Å². The lowest BCUT2D eigenvalue weighted by atomic mass is 10.0. The van der Waals surface area contributed by atoms with Crippen molar-refractivity contribution >= 4 is 27.5 Å². The number of hydrogen-bond donors (Lipinski definition) is 1. The molecule has 11 heteroatoms. The largest absolute Gasteiger partial charge is 0.454 e.